The summed E-state index contributed by atoms with van der Waals surface area (Å²) in [6, 6.07) is 0.722. The molecule has 0 spiro atoms. The van der Waals surface area contributed by atoms with Gasteiger partial charge in [0.1, 0.15) is 0 Å². The van der Waals surface area contributed by atoms with Gasteiger partial charge in [-0.25, -0.2) is 0 Å². The molecule has 0 radical (unpaired) electrons. The topological polar surface area (TPSA) is 12.0 Å². The molecule has 1 heteroatoms. The van der Waals surface area contributed by atoms with Gasteiger partial charge in [0.25, 0.3) is 0 Å². The lowest BCUT2D eigenvalue weighted by atomic mass is 10.0. The SMILES string of the molecule is CCCN[C@@H](CC)C(C)C. The summed E-state index contributed by atoms with van der Waals surface area (Å²) in [6.07, 6.45) is 2.49. The normalized spacial score (nSPS) is 14.1. The van der Waals surface area contributed by atoms with E-state index in [1.54, 1.807) is 0 Å². The lowest BCUT2D eigenvalue weighted by Gasteiger charge is -2.19. The average molecular weight is 143 g/mol. The van der Waals surface area contributed by atoms with Crippen LogP contribution < -0.4 is 5.32 Å². The molecular formula is C9H21N. The maximum Gasteiger partial charge on any atom is 0.00874 e. The minimum Gasteiger partial charge on any atom is -0.314 e. The Balaban J connectivity index is 3.40. The fraction of sp³-hybridized carbons (Fsp3) is 1.00. The van der Waals surface area contributed by atoms with Crippen molar-refractivity contribution in [2.75, 3.05) is 6.54 Å². The third kappa shape index (κ3) is 3.89. The molecule has 0 aliphatic heterocycles. The molecule has 0 saturated heterocycles. The Bertz CT molecular complexity index is 69.1. The van der Waals surface area contributed by atoms with Crippen LogP contribution in [0.5, 0.6) is 0 Å². The number of hydrogen-bond acceptors (Lipinski definition) is 1. The van der Waals surface area contributed by atoms with Gasteiger partial charge in [-0.3, -0.25) is 0 Å². The van der Waals surface area contributed by atoms with E-state index in [9.17, 15) is 0 Å². The quantitative estimate of drug-likeness (QED) is 0.623. The molecule has 0 aromatic carbocycles. The Kier molecular flexibility index (Phi) is 5.70. The van der Waals surface area contributed by atoms with Crippen LogP contribution in [0.25, 0.3) is 0 Å². The van der Waals surface area contributed by atoms with Crippen LogP contribution in [0.1, 0.15) is 40.5 Å². The van der Waals surface area contributed by atoms with Crippen molar-refractivity contribution in [3.8, 4) is 0 Å². The molecule has 0 amide bonds. The van der Waals surface area contributed by atoms with E-state index in [1.807, 2.05) is 0 Å². The van der Waals surface area contributed by atoms with E-state index in [1.165, 1.54) is 12.8 Å². The molecule has 0 aromatic heterocycles. The zero-order chi connectivity index (χ0) is 7.98. The fourth-order valence-electron chi connectivity index (χ4n) is 1.18. The molecule has 0 aliphatic carbocycles. The third-order valence-corrected chi connectivity index (χ3v) is 1.90. The predicted molar refractivity (Wildman–Crippen MR) is 47.2 cm³/mol. The van der Waals surface area contributed by atoms with Crippen LogP contribution in [-0.2, 0) is 0 Å². The molecule has 1 atom stereocenters. The summed E-state index contributed by atoms with van der Waals surface area (Å²) in [4.78, 5) is 0. The molecule has 10 heavy (non-hydrogen) atoms. The highest BCUT2D eigenvalue weighted by Gasteiger charge is 2.07. The molecule has 62 valence electrons. The fourth-order valence-corrected chi connectivity index (χ4v) is 1.18. The lowest BCUT2D eigenvalue weighted by Crippen LogP contribution is -2.33. The highest BCUT2D eigenvalue weighted by Crippen LogP contribution is 2.04. The predicted octanol–water partition coefficient (Wildman–Crippen LogP) is 2.42. The van der Waals surface area contributed by atoms with Gasteiger partial charge in [0.05, 0.1) is 0 Å². The molecule has 1 N–H and O–H groups in total. The van der Waals surface area contributed by atoms with Crippen LogP contribution in [-0.4, -0.2) is 12.6 Å². The van der Waals surface area contributed by atoms with Crippen LogP contribution in [0, 0.1) is 5.92 Å². The zero-order valence-electron chi connectivity index (χ0n) is 7.78. The molecule has 0 fully saturated rings. The standard InChI is InChI=1S/C9H21N/c1-5-7-10-9(6-2)8(3)4/h8-10H,5-7H2,1-4H3/t9-/m0/s1. The van der Waals surface area contributed by atoms with Crippen molar-refractivity contribution in [2.45, 2.75) is 46.6 Å². The molecule has 1 nitrogen and oxygen atoms in total. The first-order valence-corrected chi connectivity index (χ1v) is 4.45. The van der Waals surface area contributed by atoms with Crippen LogP contribution in [0.2, 0.25) is 0 Å². The summed E-state index contributed by atoms with van der Waals surface area (Å²) in [7, 11) is 0. The molecule has 0 unspecified atom stereocenters. The Hall–Kier alpha value is -0.0400. The maximum absolute atomic E-state index is 3.52. The first-order chi connectivity index (χ1) is 4.72. The second-order valence-corrected chi connectivity index (χ2v) is 3.21. The second-order valence-electron chi connectivity index (χ2n) is 3.21. The van der Waals surface area contributed by atoms with Crippen molar-refractivity contribution in [3.63, 3.8) is 0 Å². The average Bonchev–Trinajstić information content (AvgIpc) is 1.89. The zero-order valence-corrected chi connectivity index (χ0v) is 7.78. The van der Waals surface area contributed by atoms with Gasteiger partial charge in [-0.05, 0) is 25.3 Å². The largest absolute Gasteiger partial charge is 0.314 e. The Morgan fingerprint density at radius 2 is 1.80 bits per heavy atom. The van der Waals surface area contributed by atoms with Crippen LogP contribution in [0.4, 0.5) is 0 Å². The van der Waals surface area contributed by atoms with E-state index in [4.69, 9.17) is 0 Å². The summed E-state index contributed by atoms with van der Waals surface area (Å²) in [6.45, 7) is 10.2. The molecule has 0 aliphatic rings. The summed E-state index contributed by atoms with van der Waals surface area (Å²) in [5, 5.41) is 3.52. The Morgan fingerprint density at radius 3 is 2.10 bits per heavy atom. The minimum atomic E-state index is 0.722. The van der Waals surface area contributed by atoms with Crippen LogP contribution >= 0.6 is 0 Å². The number of rotatable bonds is 5. The summed E-state index contributed by atoms with van der Waals surface area (Å²) >= 11 is 0. The van der Waals surface area contributed by atoms with E-state index in [2.05, 4.69) is 33.0 Å². The van der Waals surface area contributed by atoms with Crippen LogP contribution in [0.15, 0.2) is 0 Å². The molecule has 0 heterocycles. The van der Waals surface area contributed by atoms with Gasteiger partial charge in [-0.1, -0.05) is 27.7 Å². The summed E-state index contributed by atoms with van der Waals surface area (Å²) in [5.41, 5.74) is 0. The van der Waals surface area contributed by atoms with Crippen molar-refractivity contribution >= 4 is 0 Å². The molecular weight excluding hydrogens is 122 g/mol. The van der Waals surface area contributed by atoms with E-state index >= 15 is 0 Å². The molecule has 0 rings (SSSR count). The first kappa shape index (κ1) is 9.96. The molecule has 0 aromatic rings. The monoisotopic (exact) mass is 143 g/mol. The maximum atomic E-state index is 3.52. The van der Waals surface area contributed by atoms with E-state index in [0.29, 0.717) is 0 Å². The van der Waals surface area contributed by atoms with Gasteiger partial charge >= 0.3 is 0 Å². The lowest BCUT2D eigenvalue weighted by molar-refractivity contribution is 0.390. The smallest absolute Gasteiger partial charge is 0.00874 e. The van der Waals surface area contributed by atoms with Crippen molar-refractivity contribution in [1.82, 2.24) is 5.32 Å². The van der Waals surface area contributed by atoms with Gasteiger partial charge < -0.3 is 5.32 Å². The van der Waals surface area contributed by atoms with Gasteiger partial charge in [-0.2, -0.15) is 0 Å². The minimum absolute atomic E-state index is 0.722. The second kappa shape index (κ2) is 5.72. The van der Waals surface area contributed by atoms with Gasteiger partial charge in [0, 0.05) is 6.04 Å². The van der Waals surface area contributed by atoms with E-state index in [0.717, 1.165) is 18.5 Å². The van der Waals surface area contributed by atoms with Crippen molar-refractivity contribution in [1.29, 1.82) is 0 Å². The third-order valence-electron chi connectivity index (χ3n) is 1.90. The van der Waals surface area contributed by atoms with Crippen molar-refractivity contribution in [3.05, 3.63) is 0 Å². The summed E-state index contributed by atoms with van der Waals surface area (Å²) < 4.78 is 0. The first-order valence-electron chi connectivity index (χ1n) is 4.45. The van der Waals surface area contributed by atoms with E-state index < -0.39 is 0 Å². The number of nitrogens with one attached hydrogen (secondary N) is 1. The number of hydrogen-bond donors (Lipinski definition) is 1. The van der Waals surface area contributed by atoms with Gasteiger partial charge in [-0.15, -0.1) is 0 Å². The van der Waals surface area contributed by atoms with Crippen molar-refractivity contribution < 1.29 is 0 Å². The van der Waals surface area contributed by atoms with Crippen LogP contribution in [0.3, 0.4) is 0 Å². The van der Waals surface area contributed by atoms with Gasteiger partial charge in [0.15, 0.2) is 0 Å². The van der Waals surface area contributed by atoms with Crippen molar-refractivity contribution in [2.24, 2.45) is 5.92 Å². The highest BCUT2D eigenvalue weighted by molar-refractivity contribution is 4.67. The Labute approximate surface area is 65.2 Å². The highest BCUT2D eigenvalue weighted by atomic mass is 14.9. The van der Waals surface area contributed by atoms with Gasteiger partial charge in [0.2, 0.25) is 0 Å². The summed E-state index contributed by atoms with van der Waals surface area (Å²) in [5.74, 6) is 0.775. The molecule has 0 bridgehead atoms. The Morgan fingerprint density at radius 1 is 1.20 bits per heavy atom. The molecule has 0 saturated carbocycles. The van der Waals surface area contributed by atoms with E-state index in [-0.39, 0.29) is 0 Å².